The number of carbonyl (C=O) groups excluding carboxylic acids is 2. The van der Waals surface area contributed by atoms with Crippen LogP contribution in [0.25, 0.3) is 0 Å². The van der Waals surface area contributed by atoms with Gasteiger partial charge in [0.2, 0.25) is 0 Å². The molecule has 0 saturated heterocycles. The maximum Gasteiger partial charge on any atom is 0.335 e. The van der Waals surface area contributed by atoms with Gasteiger partial charge in [-0.15, -0.1) is 0 Å². The number of ether oxygens (including phenoxy) is 2. The van der Waals surface area contributed by atoms with E-state index in [1.807, 2.05) is 6.07 Å². The molecule has 1 aromatic carbocycles. The number of rotatable bonds is 5. The molecule has 0 unspecified atom stereocenters. The van der Waals surface area contributed by atoms with Gasteiger partial charge >= 0.3 is 11.9 Å². The lowest BCUT2D eigenvalue weighted by atomic mass is 10.3. The van der Waals surface area contributed by atoms with Gasteiger partial charge in [-0.05, 0) is 24.3 Å². The molecular formula is C15H14ClNO4. The molecule has 0 bridgehead atoms. The van der Waals surface area contributed by atoms with E-state index in [1.165, 1.54) is 0 Å². The average molecular weight is 308 g/mol. The smallest absolute Gasteiger partial charge is 0.335 e. The zero-order valence-corrected chi connectivity index (χ0v) is 12.0. The third-order valence-electron chi connectivity index (χ3n) is 1.82. The van der Waals surface area contributed by atoms with Crippen molar-refractivity contribution in [2.24, 2.45) is 0 Å². The lowest BCUT2D eigenvalue weighted by Gasteiger charge is -1.99. The number of carbonyl (C=O) groups is 2. The van der Waals surface area contributed by atoms with Crippen molar-refractivity contribution in [3.05, 3.63) is 54.6 Å². The molecule has 0 saturated carbocycles. The summed E-state index contributed by atoms with van der Waals surface area (Å²) in [5.74, 6) is -0.494. The van der Waals surface area contributed by atoms with Gasteiger partial charge in [-0.1, -0.05) is 24.8 Å². The van der Waals surface area contributed by atoms with Gasteiger partial charge in [0.25, 0.3) is 0 Å². The molecule has 6 heteroatoms. The van der Waals surface area contributed by atoms with Gasteiger partial charge in [-0.2, -0.15) is 5.26 Å². The maximum absolute atomic E-state index is 10.7. The van der Waals surface area contributed by atoms with E-state index < -0.39 is 11.9 Å². The second kappa shape index (κ2) is 11.3. The summed E-state index contributed by atoms with van der Waals surface area (Å²) in [4.78, 5) is 20.9. The molecule has 1 aromatic rings. The molecule has 0 aliphatic carbocycles. The molecule has 0 N–H and O–H groups in total. The molecular weight excluding hydrogens is 294 g/mol. The maximum atomic E-state index is 10.7. The van der Waals surface area contributed by atoms with E-state index in [2.05, 4.69) is 17.9 Å². The summed E-state index contributed by atoms with van der Waals surface area (Å²) in [6, 6.07) is 8.36. The highest BCUT2D eigenvalue weighted by atomic mass is 35.5. The highest BCUT2D eigenvalue weighted by molar-refractivity contribution is 6.30. The standard InChI is InChI=1S/C9H7ClO2.C6H7NO2/c1-2-9(11)12-8-5-3-7(10)4-6-8;1-2-6(8)9-5-3-4-7/h2-6H,1H2;2H,1,3,5H2. The summed E-state index contributed by atoms with van der Waals surface area (Å²) in [5, 5.41) is 8.59. The molecule has 0 spiro atoms. The van der Waals surface area contributed by atoms with Crippen LogP contribution in [0.1, 0.15) is 6.42 Å². The Kier molecular flexibility index (Phi) is 9.88. The van der Waals surface area contributed by atoms with Crippen LogP contribution in [0, 0.1) is 11.3 Å². The van der Waals surface area contributed by atoms with Crippen molar-refractivity contribution >= 4 is 23.5 Å². The highest BCUT2D eigenvalue weighted by Gasteiger charge is 1.97. The first-order valence-electron chi connectivity index (χ1n) is 5.79. The summed E-state index contributed by atoms with van der Waals surface area (Å²) < 4.78 is 9.25. The Hall–Kier alpha value is -2.58. The zero-order valence-electron chi connectivity index (χ0n) is 11.3. The Bertz CT molecular complexity index is 532. The van der Waals surface area contributed by atoms with Crippen molar-refractivity contribution in [2.75, 3.05) is 6.61 Å². The van der Waals surface area contributed by atoms with Crippen LogP contribution in [-0.4, -0.2) is 18.5 Å². The molecule has 0 amide bonds. The number of nitrogens with zero attached hydrogens (tertiary/aromatic N) is 1. The first kappa shape index (κ1) is 18.4. The lowest BCUT2D eigenvalue weighted by molar-refractivity contribution is -0.137. The lowest BCUT2D eigenvalue weighted by Crippen LogP contribution is -2.02. The Labute approximate surface area is 128 Å². The van der Waals surface area contributed by atoms with Gasteiger partial charge < -0.3 is 9.47 Å². The van der Waals surface area contributed by atoms with E-state index in [-0.39, 0.29) is 13.0 Å². The van der Waals surface area contributed by atoms with Gasteiger partial charge in [0.15, 0.2) is 0 Å². The SMILES string of the molecule is C=CC(=O)OCCC#N.C=CC(=O)Oc1ccc(Cl)cc1. The van der Waals surface area contributed by atoms with E-state index in [9.17, 15) is 9.59 Å². The fourth-order valence-corrected chi connectivity index (χ4v) is 1.04. The zero-order chi connectivity index (χ0) is 16.1. The van der Waals surface area contributed by atoms with Gasteiger partial charge in [0.05, 0.1) is 12.5 Å². The third-order valence-corrected chi connectivity index (χ3v) is 2.08. The largest absolute Gasteiger partial charge is 0.461 e. The van der Waals surface area contributed by atoms with E-state index in [0.29, 0.717) is 10.8 Å². The minimum atomic E-state index is -0.481. The summed E-state index contributed by atoms with van der Waals surface area (Å²) in [6.45, 7) is 6.61. The number of nitriles is 1. The fourth-order valence-electron chi connectivity index (χ4n) is 0.917. The van der Waals surface area contributed by atoms with Crippen molar-refractivity contribution in [1.82, 2.24) is 0 Å². The van der Waals surface area contributed by atoms with Crippen molar-refractivity contribution in [2.45, 2.75) is 6.42 Å². The Balaban J connectivity index is 0.000000400. The fraction of sp³-hybridized carbons (Fsp3) is 0.133. The molecule has 1 rings (SSSR count). The quantitative estimate of drug-likeness (QED) is 0.361. The molecule has 0 atom stereocenters. The topological polar surface area (TPSA) is 76.4 Å². The van der Waals surface area contributed by atoms with Crippen LogP contribution < -0.4 is 4.74 Å². The van der Waals surface area contributed by atoms with Crippen LogP contribution in [0.2, 0.25) is 5.02 Å². The van der Waals surface area contributed by atoms with Gasteiger partial charge in [0, 0.05) is 17.2 Å². The molecule has 21 heavy (non-hydrogen) atoms. The van der Waals surface area contributed by atoms with Crippen molar-refractivity contribution in [3.8, 4) is 11.8 Å². The molecule has 0 radical (unpaired) electrons. The summed E-state index contributed by atoms with van der Waals surface area (Å²) >= 11 is 5.62. The average Bonchev–Trinajstić information content (AvgIpc) is 2.50. The third kappa shape index (κ3) is 9.93. The van der Waals surface area contributed by atoms with Crippen LogP contribution >= 0.6 is 11.6 Å². The number of esters is 2. The molecule has 0 aliphatic heterocycles. The Morgan fingerprint density at radius 2 is 1.76 bits per heavy atom. The van der Waals surface area contributed by atoms with Crippen LogP contribution in [0.3, 0.4) is 0 Å². The normalized spacial score (nSPS) is 8.38. The van der Waals surface area contributed by atoms with Crippen molar-refractivity contribution in [1.29, 1.82) is 5.26 Å². The van der Waals surface area contributed by atoms with Crippen LogP contribution in [-0.2, 0) is 14.3 Å². The molecule has 5 nitrogen and oxygen atoms in total. The van der Waals surface area contributed by atoms with Gasteiger partial charge in [0.1, 0.15) is 12.4 Å². The van der Waals surface area contributed by atoms with Gasteiger partial charge in [-0.25, -0.2) is 9.59 Å². The van der Waals surface area contributed by atoms with E-state index in [0.717, 1.165) is 12.2 Å². The number of halogens is 1. The number of benzene rings is 1. The second-order valence-electron chi connectivity index (χ2n) is 3.36. The van der Waals surface area contributed by atoms with Gasteiger partial charge in [-0.3, -0.25) is 0 Å². The van der Waals surface area contributed by atoms with E-state index in [1.54, 1.807) is 24.3 Å². The minimum Gasteiger partial charge on any atom is -0.461 e. The Morgan fingerprint density at radius 3 is 2.24 bits per heavy atom. The molecule has 0 aromatic heterocycles. The van der Waals surface area contributed by atoms with E-state index >= 15 is 0 Å². The highest BCUT2D eigenvalue weighted by Crippen LogP contribution is 2.15. The molecule has 0 fully saturated rings. The minimum absolute atomic E-state index is 0.154. The van der Waals surface area contributed by atoms with Crippen LogP contribution in [0.4, 0.5) is 0 Å². The first-order chi connectivity index (χ1) is 10.0. The number of hydrogen-bond donors (Lipinski definition) is 0. The second-order valence-corrected chi connectivity index (χ2v) is 3.80. The van der Waals surface area contributed by atoms with Crippen LogP contribution in [0.5, 0.6) is 5.75 Å². The summed E-state index contributed by atoms with van der Waals surface area (Å²) in [5.41, 5.74) is 0. The molecule has 110 valence electrons. The Morgan fingerprint density at radius 1 is 1.19 bits per heavy atom. The predicted octanol–water partition coefficient (Wildman–Crippen LogP) is 3.06. The molecule has 0 aliphatic rings. The van der Waals surface area contributed by atoms with Crippen LogP contribution in [0.15, 0.2) is 49.6 Å². The summed E-state index contributed by atoms with van der Waals surface area (Å²) in [7, 11) is 0. The molecule has 0 heterocycles. The first-order valence-corrected chi connectivity index (χ1v) is 6.17. The predicted molar refractivity (Wildman–Crippen MR) is 78.7 cm³/mol. The van der Waals surface area contributed by atoms with E-state index in [4.69, 9.17) is 21.6 Å². The number of hydrogen-bond acceptors (Lipinski definition) is 5. The van der Waals surface area contributed by atoms with Crippen molar-refractivity contribution in [3.63, 3.8) is 0 Å². The van der Waals surface area contributed by atoms with Crippen molar-refractivity contribution < 1.29 is 19.1 Å². The summed E-state index contributed by atoms with van der Waals surface area (Å²) in [6.07, 6.45) is 2.41. The monoisotopic (exact) mass is 307 g/mol.